The van der Waals surface area contributed by atoms with E-state index in [4.69, 9.17) is 11.5 Å². The summed E-state index contributed by atoms with van der Waals surface area (Å²) in [5, 5.41) is 32.9. The molecule has 2 saturated heterocycles. The molecule has 14 N–H and O–H groups in total. The van der Waals surface area contributed by atoms with Gasteiger partial charge in [-0.25, -0.2) is 0 Å². The minimum Gasteiger partial charge on any atom is -0.481 e. The number of thioether (sulfide) groups is 1. The van der Waals surface area contributed by atoms with E-state index in [1.54, 1.807) is 44.2 Å². The Morgan fingerprint density at radius 1 is 0.753 bits per heavy atom. The minimum atomic E-state index is -1.76. The van der Waals surface area contributed by atoms with Crippen molar-refractivity contribution in [1.29, 1.82) is 0 Å². The van der Waals surface area contributed by atoms with Crippen molar-refractivity contribution in [3.8, 4) is 0 Å². The SMILES string of the molecule is CC[C@H](C)[C@H](NC(=O)[C@H](Cc1ccccc1)NC(=O)[C@H](C)NC(=O)[C@H](CC(=O)O)NC(=O)[C@H](CCCCN)NC(=O)[C@@H]1CCCN1C(=O)[C@@H]1CCC(=O)N1)C(=O)NCC(=O)N[C@@H](CC(C)C)C(=O)N[C@@H](CCSC)C(N)=O. The van der Waals surface area contributed by atoms with Crippen LogP contribution in [-0.4, -0.2) is 167 Å². The van der Waals surface area contributed by atoms with E-state index in [0.717, 1.165) is 0 Å². The number of nitrogens with zero attached hydrogens (tertiary/aromatic N) is 1. The molecule has 0 unspecified atom stereocenters. The van der Waals surface area contributed by atoms with Gasteiger partial charge in [-0.1, -0.05) is 64.4 Å². The number of carboxylic acid groups (broad SMARTS) is 1. The summed E-state index contributed by atoms with van der Waals surface area (Å²) in [7, 11) is 0. The molecule has 26 heteroatoms. The van der Waals surface area contributed by atoms with Gasteiger partial charge in [0.2, 0.25) is 65.0 Å². The summed E-state index contributed by atoms with van der Waals surface area (Å²) in [6, 6.07) is -2.30. The number of benzene rings is 1. The molecule has 0 saturated carbocycles. The van der Waals surface area contributed by atoms with Gasteiger partial charge in [-0.15, -0.1) is 0 Å². The molecule has 0 radical (unpaired) electrons. The molecule has 0 bridgehead atoms. The number of primary amides is 1. The standard InChI is InChI=1S/C51H80N12O13S/c1-7-29(4)42(50(75)54-27-40(65)57-35(24-28(2)3)47(72)58-32(43(53)68)20-23-77-6)62-48(73)36(25-31-14-9-8-10-15-31)60-44(69)30(5)55-46(71)37(26-41(66)67)61-45(70)33(16-11-12-21-52)59-49(74)38-17-13-22-63(38)51(76)34-18-19-39(64)56-34/h8-10,14-15,28-30,32-38,42H,7,11-13,16-27,52H2,1-6H3,(H2,53,68)(H,54,75)(H,55,71)(H,56,64)(H,57,65)(H,58,72)(H,59,74)(H,60,69)(H,61,70)(H,62,73)(H,66,67)/t29-,30-,32-,33-,34-,35-,36-,37-,38-,42-/m0/s1. The summed E-state index contributed by atoms with van der Waals surface area (Å²) < 4.78 is 0. The van der Waals surface area contributed by atoms with E-state index in [1.165, 1.54) is 23.6 Å². The lowest BCUT2D eigenvalue weighted by atomic mass is 9.97. The molecule has 25 nitrogen and oxygen atoms in total. The van der Waals surface area contributed by atoms with Crippen molar-refractivity contribution in [3.05, 3.63) is 35.9 Å². The normalized spacial score (nSPS) is 18.1. The average molecular weight is 1100 g/mol. The lowest BCUT2D eigenvalue weighted by Gasteiger charge is -2.29. The van der Waals surface area contributed by atoms with Crippen molar-refractivity contribution in [2.75, 3.05) is 31.6 Å². The van der Waals surface area contributed by atoms with Crippen LogP contribution < -0.4 is 59.3 Å². The van der Waals surface area contributed by atoms with E-state index in [1.807, 2.05) is 20.1 Å². The summed E-state index contributed by atoms with van der Waals surface area (Å²) in [4.78, 5) is 160. The summed E-state index contributed by atoms with van der Waals surface area (Å²) >= 11 is 1.47. The van der Waals surface area contributed by atoms with Gasteiger partial charge in [-0.2, -0.15) is 11.8 Å². The maximum Gasteiger partial charge on any atom is 0.305 e. The number of carbonyl (C=O) groups is 12. The van der Waals surface area contributed by atoms with Gasteiger partial charge in [0, 0.05) is 19.4 Å². The first-order valence-electron chi connectivity index (χ1n) is 26.2. The first kappa shape index (κ1) is 64.5. The number of nitrogens with one attached hydrogen (secondary N) is 9. The lowest BCUT2D eigenvalue weighted by Crippen LogP contribution is -2.60. The van der Waals surface area contributed by atoms with Crippen LogP contribution in [-0.2, 0) is 64.0 Å². The Bertz CT molecular complexity index is 2240. The molecule has 77 heavy (non-hydrogen) atoms. The van der Waals surface area contributed by atoms with Crippen LogP contribution in [0.5, 0.6) is 0 Å². The number of likely N-dealkylation sites (tertiary alicyclic amines) is 1. The predicted octanol–water partition coefficient (Wildman–Crippen LogP) is -2.04. The number of nitrogens with two attached hydrogens (primary N) is 2. The van der Waals surface area contributed by atoms with Crippen LogP contribution in [0.4, 0.5) is 0 Å². The summed E-state index contributed by atoms with van der Waals surface area (Å²) in [6.45, 7) is 8.33. The van der Waals surface area contributed by atoms with Gasteiger partial charge in [0.25, 0.3) is 0 Å². The predicted molar refractivity (Wildman–Crippen MR) is 285 cm³/mol. The third-order valence-electron chi connectivity index (χ3n) is 13.2. The molecular formula is C51H80N12O13S. The number of rotatable bonds is 33. The Morgan fingerprint density at radius 3 is 1.99 bits per heavy atom. The second kappa shape index (κ2) is 32.7. The van der Waals surface area contributed by atoms with E-state index >= 15 is 0 Å². The zero-order valence-electron chi connectivity index (χ0n) is 44.9. The van der Waals surface area contributed by atoms with Crippen molar-refractivity contribution >= 4 is 82.7 Å². The molecule has 2 heterocycles. The van der Waals surface area contributed by atoms with Crippen molar-refractivity contribution in [2.24, 2.45) is 23.3 Å². The maximum absolute atomic E-state index is 14.2. The Kier molecular flexibility index (Phi) is 27.4. The van der Waals surface area contributed by atoms with Crippen LogP contribution in [0, 0.1) is 11.8 Å². The largest absolute Gasteiger partial charge is 0.481 e. The van der Waals surface area contributed by atoms with Crippen LogP contribution in [0.15, 0.2) is 30.3 Å². The average Bonchev–Trinajstić information content (AvgIpc) is 4.07. The van der Waals surface area contributed by atoms with E-state index in [2.05, 4.69) is 47.9 Å². The van der Waals surface area contributed by atoms with Gasteiger partial charge in [0.15, 0.2) is 0 Å². The molecule has 2 fully saturated rings. The number of hydrogen-bond acceptors (Lipinski definition) is 14. The number of aliphatic carboxylic acids is 1. The Balaban J connectivity index is 1.75. The summed E-state index contributed by atoms with van der Waals surface area (Å²) in [6.07, 6.45) is 3.74. The molecule has 0 spiro atoms. The first-order valence-corrected chi connectivity index (χ1v) is 27.6. The van der Waals surface area contributed by atoms with Gasteiger partial charge in [-0.05, 0) is 94.2 Å². The summed E-state index contributed by atoms with van der Waals surface area (Å²) in [5.41, 5.74) is 11.8. The monoisotopic (exact) mass is 1100 g/mol. The molecular weight excluding hydrogens is 1020 g/mol. The molecule has 0 aromatic heterocycles. The molecule has 11 amide bonds. The molecule has 2 aliphatic rings. The molecule has 428 valence electrons. The fourth-order valence-corrected chi connectivity index (χ4v) is 9.17. The highest BCUT2D eigenvalue weighted by Gasteiger charge is 2.41. The molecule has 1 aromatic carbocycles. The van der Waals surface area contributed by atoms with Gasteiger partial charge in [0.05, 0.1) is 13.0 Å². The van der Waals surface area contributed by atoms with Crippen molar-refractivity contribution in [3.63, 3.8) is 0 Å². The van der Waals surface area contributed by atoms with Gasteiger partial charge in [0.1, 0.15) is 54.4 Å². The van der Waals surface area contributed by atoms with E-state index in [9.17, 15) is 62.6 Å². The van der Waals surface area contributed by atoms with Crippen molar-refractivity contribution in [2.45, 2.75) is 166 Å². The molecule has 2 aliphatic heterocycles. The van der Waals surface area contributed by atoms with E-state index in [0.29, 0.717) is 37.0 Å². The van der Waals surface area contributed by atoms with Crippen LogP contribution in [0.25, 0.3) is 0 Å². The zero-order chi connectivity index (χ0) is 57.4. The van der Waals surface area contributed by atoms with E-state index in [-0.39, 0.29) is 69.9 Å². The molecule has 10 atom stereocenters. The lowest BCUT2D eigenvalue weighted by molar-refractivity contribution is -0.142. The number of hydrogen-bond donors (Lipinski definition) is 12. The van der Waals surface area contributed by atoms with Crippen LogP contribution >= 0.6 is 11.8 Å². The van der Waals surface area contributed by atoms with Crippen LogP contribution in [0.1, 0.15) is 111 Å². The third kappa shape index (κ3) is 21.6. The zero-order valence-corrected chi connectivity index (χ0v) is 45.7. The number of carboxylic acids is 1. The fourth-order valence-electron chi connectivity index (χ4n) is 8.70. The molecule has 0 aliphatic carbocycles. The highest BCUT2D eigenvalue weighted by atomic mass is 32.2. The smallest absolute Gasteiger partial charge is 0.305 e. The Hall–Kier alpha value is -6.83. The van der Waals surface area contributed by atoms with Gasteiger partial charge in [-0.3, -0.25) is 57.5 Å². The topological polar surface area (TPSA) is 389 Å². The van der Waals surface area contributed by atoms with E-state index < -0.39 is 138 Å². The van der Waals surface area contributed by atoms with Gasteiger partial charge >= 0.3 is 5.97 Å². The molecule has 3 rings (SSSR count). The van der Waals surface area contributed by atoms with Gasteiger partial charge < -0.3 is 69.3 Å². The van der Waals surface area contributed by atoms with Crippen LogP contribution in [0.2, 0.25) is 0 Å². The fraction of sp³-hybridized carbons (Fsp3) is 0.647. The second-order valence-corrected chi connectivity index (χ2v) is 20.9. The highest BCUT2D eigenvalue weighted by Crippen LogP contribution is 2.22. The number of amides is 11. The Morgan fingerprint density at radius 2 is 1.39 bits per heavy atom. The first-order chi connectivity index (χ1) is 36.5. The van der Waals surface area contributed by atoms with Crippen molar-refractivity contribution in [1.82, 2.24) is 52.8 Å². The van der Waals surface area contributed by atoms with Crippen molar-refractivity contribution < 1.29 is 62.6 Å². The maximum atomic E-state index is 14.2. The quantitative estimate of drug-likeness (QED) is 0.0338. The minimum absolute atomic E-state index is 0.0347. The molecule has 1 aromatic rings. The third-order valence-corrected chi connectivity index (χ3v) is 13.9. The summed E-state index contributed by atoms with van der Waals surface area (Å²) in [5.74, 6) is -9.38. The second-order valence-electron chi connectivity index (χ2n) is 19.9. The highest BCUT2D eigenvalue weighted by molar-refractivity contribution is 7.98. The Labute approximate surface area is 453 Å². The van der Waals surface area contributed by atoms with Crippen LogP contribution in [0.3, 0.4) is 0 Å². The number of carbonyl (C=O) groups excluding carboxylic acids is 11. The number of unbranched alkanes of at least 4 members (excludes halogenated alkanes) is 1.